The number of thiophene rings is 1. The van der Waals surface area contributed by atoms with Crippen molar-refractivity contribution in [2.75, 3.05) is 18.1 Å². The van der Waals surface area contributed by atoms with Gasteiger partial charge < -0.3 is 19.3 Å². The van der Waals surface area contributed by atoms with E-state index in [0.29, 0.717) is 17.7 Å². The summed E-state index contributed by atoms with van der Waals surface area (Å²) in [7, 11) is 0. The normalized spacial score (nSPS) is 16.9. The number of ether oxygens (including phenoxy) is 3. The van der Waals surface area contributed by atoms with E-state index >= 15 is 0 Å². The van der Waals surface area contributed by atoms with Gasteiger partial charge in [0.25, 0.3) is 0 Å². The monoisotopic (exact) mass is 451 g/mol. The molecule has 31 heavy (non-hydrogen) atoms. The first-order valence-corrected chi connectivity index (χ1v) is 11.1. The maximum atomic E-state index is 14.4. The molecule has 168 valence electrons. The zero-order chi connectivity index (χ0) is 22.2. The third kappa shape index (κ3) is 6.41. The number of carboxylic acid groups (broad SMARTS) is 1. The van der Waals surface area contributed by atoms with Crippen molar-refractivity contribution in [2.45, 2.75) is 51.4 Å². The lowest BCUT2D eigenvalue weighted by Crippen LogP contribution is -2.36. The third-order valence-electron chi connectivity index (χ3n) is 4.93. The average molecular weight is 452 g/mol. The molecule has 2 heterocycles. The first kappa shape index (κ1) is 23.0. The number of nitrogens with zero attached hydrogens (tertiary/aromatic N) is 1. The number of cyclic esters (lactones) is 1. The highest BCUT2D eigenvalue weighted by Crippen LogP contribution is 2.29. The molecule has 1 aromatic heterocycles. The van der Waals surface area contributed by atoms with E-state index in [0.717, 1.165) is 24.1 Å². The van der Waals surface area contributed by atoms with Crippen molar-refractivity contribution < 1.29 is 33.3 Å². The molecule has 9 heteroatoms. The number of halogens is 1. The number of carbonyl (C=O) groups is 2. The van der Waals surface area contributed by atoms with Crippen LogP contribution in [0, 0.1) is 0 Å². The first-order valence-electron chi connectivity index (χ1n) is 10.2. The van der Waals surface area contributed by atoms with E-state index in [-0.39, 0.29) is 30.9 Å². The molecule has 2 aromatic rings. The van der Waals surface area contributed by atoms with E-state index < -0.39 is 18.4 Å². The number of benzene rings is 1. The summed E-state index contributed by atoms with van der Waals surface area (Å²) in [6, 6.07) is 9.87. The highest BCUT2D eigenvalue weighted by molar-refractivity contribution is 7.13. The number of rotatable bonds is 11. The molecule has 0 spiro atoms. The zero-order valence-corrected chi connectivity index (χ0v) is 18.1. The summed E-state index contributed by atoms with van der Waals surface area (Å²) < 4.78 is 29.8. The van der Waals surface area contributed by atoms with Gasteiger partial charge in [0.15, 0.2) is 5.06 Å². The van der Waals surface area contributed by atoms with Crippen molar-refractivity contribution in [3.05, 3.63) is 46.8 Å². The fraction of sp³-hybridized carbons (Fsp3) is 0.455. The van der Waals surface area contributed by atoms with Gasteiger partial charge in [0, 0.05) is 10.6 Å². The second-order valence-electron chi connectivity index (χ2n) is 7.26. The minimum absolute atomic E-state index is 0.196. The quantitative estimate of drug-likeness (QED) is 0.336. The van der Waals surface area contributed by atoms with E-state index in [9.17, 15) is 14.0 Å². The van der Waals surface area contributed by atoms with Gasteiger partial charge in [-0.2, -0.15) is 0 Å². The Kier molecular flexibility index (Phi) is 8.25. The van der Waals surface area contributed by atoms with Gasteiger partial charge in [-0.1, -0.05) is 38.3 Å². The van der Waals surface area contributed by atoms with Gasteiger partial charge >= 0.3 is 12.2 Å². The first-order chi connectivity index (χ1) is 15.0. The predicted octanol–water partition coefficient (Wildman–Crippen LogP) is 5.94. The molecule has 1 aromatic carbocycles. The van der Waals surface area contributed by atoms with E-state index in [1.54, 1.807) is 36.4 Å². The molecule has 1 unspecified atom stereocenters. The van der Waals surface area contributed by atoms with E-state index in [1.165, 1.54) is 16.2 Å². The molecule has 0 aliphatic carbocycles. The van der Waals surface area contributed by atoms with Crippen molar-refractivity contribution in [3.8, 4) is 5.06 Å². The number of amides is 1. The van der Waals surface area contributed by atoms with Gasteiger partial charge in [-0.05, 0) is 36.2 Å². The number of unbranched alkanes of at least 4 members (excludes halogenated alkanes) is 2. The molecular weight excluding hydrogens is 425 g/mol. The van der Waals surface area contributed by atoms with Crippen LogP contribution in [-0.4, -0.2) is 36.6 Å². The predicted molar refractivity (Wildman–Crippen MR) is 115 cm³/mol. The second kappa shape index (κ2) is 11.1. The lowest BCUT2D eigenvalue weighted by Gasteiger charge is -2.22. The molecule has 1 saturated heterocycles. The van der Waals surface area contributed by atoms with Gasteiger partial charge in [0.2, 0.25) is 0 Å². The standard InChI is InChI=1S/C22H26FNO6S/c1-2-3-4-5-19(23)15-6-8-16(9-7-15)24-17(13-29-21(24)25)12-28-14-18-10-11-20(31-18)30-22(26)27/h6-11,17,19H,2-5,12-14H2,1H3,(H,26,27)/t17?,19-/m0/s1. The van der Waals surface area contributed by atoms with Crippen molar-refractivity contribution in [1.82, 2.24) is 0 Å². The van der Waals surface area contributed by atoms with Crippen molar-refractivity contribution in [3.63, 3.8) is 0 Å². The zero-order valence-electron chi connectivity index (χ0n) is 17.3. The van der Waals surface area contributed by atoms with Crippen LogP contribution < -0.4 is 9.64 Å². The highest BCUT2D eigenvalue weighted by Gasteiger charge is 2.34. The molecule has 1 aliphatic rings. The number of carbonyl (C=O) groups excluding carboxylic acids is 1. The fourth-order valence-corrected chi connectivity index (χ4v) is 4.14. The average Bonchev–Trinajstić information content (AvgIpc) is 3.34. The molecule has 1 N–H and O–H groups in total. The van der Waals surface area contributed by atoms with Crippen LogP contribution in [0.15, 0.2) is 36.4 Å². The van der Waals surface area contributed by atoms with Crippen LogP contribution in [0.5, 0.6) is 5.06 Å². The third-order valence-corrected chi connectivity index (χ3v) is 5.87. The smallest absolute Gasteiger partial charge is 0.449 e. The SMILES string of the molecule is CCCCC[C@H](F)c1ccc(N2C(=O)OCC2COCc2ccc(OC(=O)O)s2)cc1. The Morgan fingerprint density at radius 2 is 2.06 bits per heavy atom. The highest BCUT2D eigenvalue weighted by atomic mass is 32.1. The molecule has 2 atom stereocenters. The van der Waals surface area contributed by atoms with Crippen molar-refractivity contribution in [1.29, 1.82) is 0 Å². The number of hydrogen-bond donors (Lipinski definition) is 1. The second-order valence-corrected chi connectivity index (χ2v) is 8.39. The summed E-state index contributed by atoms with van der Waals surface area (Å²) >= 11 is 1.18. The largest absolute Gasteiger partial charge is 0.512 e. The molecule has 7 nitrogen and oxygen atoms in total. The Bertz CT molecular complexity index is 871. The minimum atomic E-state index is -1.36. The molecule has 1 fully saturated rings. The van der Waals surface area contributed by atoms with Crippen LogP contribution >= 0.6 is 11.3 Å². The number of hydrogen-bond acceptors (Lipinski definition) is 6. The lowest BCUT2D eigenvalue weighted by atomic mass is 10.0. The Hall–Kier alpha value is -2.65. The summed E-state index contributed by atoms with van der Waals surface area (Å²) in [4.78, 5) is 25.1. The fourth-order valence-electron chi connectivity index (χ4n) is 3.36. The molecule has 0 saturated carbocycles. The lowest BCUT2D eigenvalue weighted by molar-refractivity contribution is 0.103. The van der Waals surface area contributed by atoms with E-state index in [1.807, 2.05) is 0 Å². The Morgan fingerprint density at radius 3 is 2.77 bits per heavy atom. The molecule has 0 bridgehead atoms. The Labute approximate surface area is 184 Å². The molecule has 3 rings (SSSR count). The minimum Gasteiger partial charge on any atom is -0.449 e. The maximum absolute atomic E-state index is 14.4. The van der Waals surface area contributed by atoms with Gasteiger partial charge in [0.1, 0.15) is 12.8 Å². The van der Waals surface area contributed by atoms with E-state index in [4.69, 9.17) is 14.6 Å². The van der Waals surface area contributed by atoms with Gasteiger partial charge in [-0.15, -0.1) is 11.3 Å². The van der Waals surface area contributed by atoms with Crippen LogP contribution in [0.4, 0.5) is 19.7 Å². The Morgan fingerprint density at radius 1 is 1.29 bits per heavy atom. The van der Waals surface area contributed by atoms with Crippen LogP contribution in [0.3, 0.4) is 0 Å². The molecule has 1 aliphatic heterocycles. The van der Waals surface area contributed by atoms with Crippen LogP contribution in [0.25, 0.3) is 0 Å². The summed E-state index contributed by atoms with van der Waals surface area (Å²) in [5, 5.41) is 8.91. The van der Waals surface area contributed by atoms with Crippen LogP contribution in [0.2, 0.25) is 0 Å². The van der Waals surface area contributed by atoms with Crippen molar-refractivity contribution >= 4 is 29.3 Å². The van der Waals surface area contributed by atoms with Crippen molar-refractivity contribution in [2.24, 2.45) is 0 Å². The Balaban J connectivity index is 1.54. The van der Waals surface area contributed by atoms with Crippen LogP contribution in [0.1, 0.15) is 49.2 Å². The summed E-state index contributed by atoms with van der Waals surface area (Å²) in [5.41, 5.74) is 1.24. The topological polar surface area (TPSA) is 85.3 Å². The van der Waals surface area contributed by atoms with Crippen LogP contribution in [-0.2, 0) is 16.1 Å². The summed E-state index contributed by atoms with van der Waals surface area (Å²) in [6.45, 7) is 2.78. The van der Waals surface area contributed by atoms with Gasteiger partial charge in [-0.25, -0.2) is 14.0 Å². The summed E-state index contributed by atoms with van der Waals surface area (Å²) in [5.74, 6) is 0. The molecule has 1 amide bonds. The number of alkyl halides is 1. The summed E-state index contributed by atoms with van der Waals surface area (Å²) in [6.07, 6.45) is 0.579. The van der Waals surface area contributed by atoms with Gasteiger partial charge in [0.05, 0.1) is 19.3 Å². The maximum Gasteiger partial charge on any atom is 0.512 e. The number of anilines is 1. The van der Waals surface area contributed by atoms with E-state index in [2.05, 4.69) is 11.7 Å². The molecule has 0 radical (unpaired) electrons. The molecular formula is C22H26FNO6S. The van der Waals surface area contributed by atoms with Gasteiger partial charge in [-0.3, -0.25) is 4.90 Å².